The summed E-state index contributed by atoms with van der Waals surface area (Å²) in [6.07, 6.45) is 5.13. The minimum Gasteiger partial charge on any atom is -0.276 e. The largest absolute Gasteiger partial charge is 0.276 e. The second kappa shape index (κ2) is 6.76. The molecule has 0 unspecified atom stereocenters. The molecule has 0 spiro atoms. The zero-order chi connectivity index (χ0) is 17.9. The van der Waals surface area contributed by atoms with E-state index in [1.807, 2.05) is 21.8 Å². The van der Waals surface area contributed by atoms with E-state index in [4.69, 9.17) is 10.4 Å². The SMILES string of the molecule is N#Cc1ccc(N(Cc2ccc(S(N)(=O)=O)cc2)n2ccnc2)cc1. The number of nitrogens with zero attached hydrogens (tertiary/aromatic N) is 4. The van der Waals surface area contributed by atoms with E-state index in [1.54, 1.807) is 43.0 Å². The predicted octanol–water partition coefficient (Wildman–Crippen LogP) is 1.87. The number of primary sulfonamides is 1. The molecule has 0 aliphatic heterocycles. The number of hydrogen-bond donors (Lipinski definition) is 1. The molecule has 0 amide bonds. The summed E-state index contributed by atoms with van der Waals surface area (Å²) < 4.78 is 24.5. The smallest absolute Gasteiger partial charge is 0.238 e. The Morgan fingerprint density at radius 3 is 2.32 bits per heavy atom. The van der Waals surface area contributed by atoms with Crippen LogP contribution in [0.5, 0.6) is 0 Å². The third-order valence-corrected chi connectivity index (χ3v) is 4.58. The van der Waals surface area contributed by atoms with Gasteiger partial charge in [0, 0.05) is 12.4 Å². The molecule has 1 aromatic heterocycles. The molecule has 0 saturated carbocycles. The number of nitriles is 1. The number of aromatic nitrogens is 2. The third kappa shape index (κ3) is 3.85. The molecule has 7 nitrogen and oxygen atoms in total. The molecule has 1 heterocycles. The van der Waals surface area contributed by atoms with Crippen molar-refractivity contribution in [2.45, 2.75) is 11.4 Å². The molecule has 0 saturated heterocycles. The van der Waals surface area contributed by atoms with Gasteiger partial charge in [0.05, 0.1) is 28.8 Å². The van der Waals surface area contributed by atoms with E-state index in [0.29, 0.717) is 12.1 Å². The molecule has 2 N–H and O–H groups in total. The molecule has 0 fully saturated rings. The van der Waals surface area contributed by atoms with Gasteiger partial charge in [-0.15, -0.1) is 0 Å². The predicted molar refractivity (Wildman–Crippen MR) is 92.8 cm³/mol. The maximum absolute atomic E-state index is 11.4. The Morgan fingerprint density at radius 1 is 1.12 bits per heavy atom. The van der Waals surface area contributed by atoms with E-state index >= 15 is 0 Å². The van der Waals surface area contributed by atoms with Gasteiger partial charge in [-0.05, 0) is 42.0 Å². The second-order valence-electron chi connectivity index (χ2n) is 5.35. The average Bonchev–Trinajstić information content (AvgIpc) is 3.14. The first-order valence-electron chi connectivity index (χ1n) is 7.35. The standard InChI is InChI=1S/C17H15N5O2S/c18-11-14-1-5-16(6-2-14)22(21-10-9-20-13-21)12-15-3-7-17(8-4-15)25(19,23)24/h1-10,13H,12H2,(H2,19,23,24). The van der Waals surface area contributed by atoms with Crippen molar-refractivity contribution < 1.29 is 8.42 Å². The summed E-state index contributed by atoms with van der Waals surface area (Å²) in [5.41, 5.74) is 2.34. The van der Waals surface area contributed by atoms with Crippen molar-refractivity contribution in [3.05, 3.63) is 78.4 Å². The summed E-state index contributed by atoms with van der Waals surface area (Å²) in [6, 6.07) is 15.7. The lowest BCUT2D eigenvalue weighted by Crippen LogP contribution is -2.27. The lowest BCUT2D eigenvalue weighted by molar-refractivity contribution is 0.597. The maximum Gasteiger partial charge on any atom is 0.238 e. The number of imidazole rings is 1. The quantitative estimate of drug-likeness (QED) is 0.754. The number of benzene rings is 2. The Balaban J connectivity index is 1.92. The summed E-state index contributed by atoms with van der Waals surface area (Å²) in [7, 11) is -3.71. The highest BCUT2D eigenvalue weighted by atomic mass is 32.2. The summed E-state index contributed by atoms with van der Waals surface area (Å²) in [5, 5.41) is 16.0. The first-order valence-corrected chi connectivity index (χ1v) is 8.90. The van der Waals surface area contributed by atoms with E-state index in [9.17, 15) is 8.42 Å². The summed E-state index contributed by atoms with van der Waals surface area (Å²) >= 11 is 0. The molecule has 8 heteroatoms. The van der Waals surface area contributed by atoms with Crippen LogP contribution >= 0.6 is 0 Å². The van der Waals surface area contributed by atoms with E-state index in [1.165, 1.54) is 12.1 Å². The number of anilines is 1. The van der Waals surface area contributed by atoms with Crippen LogP contribution in [0.15, 0.2) is 72.1 Å². The average molecular weight is 353 g/mol. The third-order valence-electron chi connectivity index (χ3n) is 3.65. The normalized spacial score (nSPS) is 11.0. The fourth-order valence-corrected chi connectivity index (χ4v) is 2.88. The van der Waals surface area contributed by atoms with Crippen molar-refractivity contribution >= 4 is 15.7 Å². The number of hydrogen-bond acceptors (Lipinski definition) is 5. The highest BCUT2D eigenvalue weighted by Gasteiger charge is 2.11. The van der Waals surface area contributed by atoms with Crippen LogP contribution in [0.1, 0.15) is 11.1 Å². The van der Waals surface area contributed by atoms with Crippen LogP contribution in [0.4, 0.5) is 5.69 Å². The lowest BCUT2D eigenvalue weighted by atomic mass is 10.2. The van der Waals surface area contributed by atoms with E-state index < -0.39 is 10.0 Å². The van der Waals surface area contributed by atoms with Gasteiger partial charge in [0.2, 0.25) is 10.0 Å². The molecular formula is C17H15N5O2S. The van der Waals surface area contributed by atoms with Gasteiger partial charge in [0.1, 0.15) is 6.33 Å². The lowest BCUT2D eigenvalue weighted by Gasteiger charge is -2.25. The van der Waals surface area contributed by atoms with Crippen molar-refractivity contribution in [1.82, 2.24) is 9.66 Å². The monoisotopic (exact) mass is 353 g/mol. The van der Waals surface area contributed by atoms with Gasteiger partial charge >= 0.3 is 0 Å². The molecule has 126 valence electrons. The van der Waals surface area contributed by atoms with Gasteiger partial charge in [-0.2, -0.15) is 5.26 Å². The fourth-order valence-electron chi connectivity index (χ4n) is 2.37. The number of sulfonamides is 1. The summed E-state index contributed by atoms with van der Waals surface area (Å²) in [6.45, 7) is 0.479. The molecule has 3 rings (SSSR count). The molecule has 2 aromatic carbocycles. The van der Waals surface area contributed by atoms with E-state index in [-0.39, 0.29) is 4.90 Å². The van der Waals surface area contributed by atoms with Crippen molar-refractivity contribution in [1.29, 1.82) is 5.26 Å². The zero-order valence-electron chi connectivity index (χ0n) is 13.1. The van der Waals surface area contributed by atoms with Crippen molar-refractivity contribution in [2.24, 2.45) is 5.14 Å². The Kier molecular flexibility index (Phi) is 4.52. The fraction of sp³-hybridized carbons (Fsp3) is 0.0588. The van der Waals surface area contributed by atoms with Gasteiger partial charge < -0.3 is 0 Å². The van der Waals surface area contributed by atoms with Crippen LogP contribution in [0.3, 0.4) is 0 Å². The van der Waals surface area contributed by atoms with E-state index in [0.717, 1.165) is 11.3 Å². The maximum atomic E-state index is 11.4. The second-order valence-corrected chi connectivity index (χ2v) is 6.91. The van der Waals surface area contributed by atoms with E-state index in [2.05, 4.69) is 11.1 Å². The highest BCUT2D eigenvalue weighted by molar-refractivity contribution is 7.89. The van der Waals surface area contributed by atoms with Crippen LogP contribution < -0.4 is 10.1 Å². The first kappa shape index (κ1) is 16.7. The van der Waals surface area contributed by atoms with Crippen LogP contribution in [0.25, 0.3) is 0 Å². The Bertz CT molecular complexity index is 989. The first-order chi connectivity index (χ1) is 12.0. The van der Waals surface area contributed by atoms with Crippen LogP contribution in [-0.2, 0) is 16.6 Å². The zero-order valence-corrected chi connectivity index (χ0v) is 14.0. The van der Waals surface area contributed by atoms with Gasteiger partial charge in [-0.1, -0.05) is 12.1 Å². The molecule has 25 heavy (non-hydrogen) atoms. The van der Waals surface area contributed by atoms with Crippen LogP contribution in [0, 0.1) is 11.3 Å². The Labute approximate surface area is 145 Å². The number of nitrogens with two attached hydrogens (primary N) is 1. The summed E-state index contributed by atoms with van der Waals surface area (Å²) in [4.78, 5) is 4.14. The van der Waals surface area contributed by atoms with Gasteiger partial charge in [0.25, 0.3) is 0 Å². The molecular weight excluding hydrogens is 338 g/mol. The van der Waals surface area contributed by atoms with Crippen molar-refractivity contribution in [3.8, 4) is 6.07 Å². The molecule has 0 bridgehead atoms. The highest BCUT2D eigenvalue weighted by Crippen LogP contribution is 2.20. The summed E-state index contributed by atoms with van der Waals surface area (Å²) in [5.74, 6) is 0. The molecule has 0 atom stereocenters. The Morgan fingerprint density at radius 2 is 1.80 bits per heavy atom. The molecule has 0 aliphatic carbocycles. The van der Waals surface area contributed by atoms with Crippen LogP contribution in [0.2, 0.25) is 0 Å². The van der Waals surface area contributed by atoms with Crippen molar-refractivity contribution in [3.63, 3.8) is 0 Å². The Hall–Kier alpha value is -3.15. The minimum absolute atomic E-state index is 0.0730. The van der Waals surface area contributed by atoms with Gasteiger partial charge in [-0.25, -0.2) is 23.2 Å². The number of rotatable bonds is 5. The topological polar surface area (TPSA) is 105 Å². The molecule has 0 aliphatic rings. The molecule has 0 radical (unpaired) electrons. The van der Waals surface area contributed by atoms with Crippen molar-refractivity contribution in [2.75, 3.05) is 5.01 Å². The van der Waals surface area contributed by atoms with Gasteiger partial charge in [-0.3, -0.25) is 5.01 Å². The minimum atomic E-state index is -3.71. The molecule has 3 aromatic rings. The van der Waals surface area contributed by atoms with Gasteiger partial charge in [0.15, 0.2) is 0 Å². The van der Waals surface area contributed by atoms with Crippen LogP contribution in [-0.4, -0.2) is 18.1 Å².